The van der Waals surface area contributed by atoms with Crippen LogP contribution < -0.4 is 5.32 Å². The van der Waals surface area contributed by atoms with Crippen LogP contribution in [0.4, 0.5) is 0 Å². The molecule has 152 valence electrons. The maximum absolute atomic E-state index is 11.7. The molecule has 26 heavy (non-hydrogen) atoms. The first kappa shape index (κ1) is 22.2. The van der Waals surface area contributed by atoms with Crippen LogP contribution in [-0.2, 0) is 14.6 Å². The minimum Gasteiger partial charge on any atom is -0.384 e. The number of rotatable bonds is 5. The first-order chi connectivity index (χ1) is 12.1. The van der Waals surface area contributed by atoms with Gasteiger partial charge in [0.1, 0.15) is 0 Å². The molecule has 0 spiro atoms. The topological polar surface area (TPSA) is 71.0 Å². The predicted molar refractivity (Wildman–Crippen MR) is 116 cm³/mol. The zero-order chi connectivity index (χ0) is 17.7. The molecule has 2 atom stereocenters. The molecule has 0 radical (unpaired) electrons. The van der Waals surface area contributed by atoms with E-state index in [0.717, 1.165) is 38.5 Å². The largest absolute Gasteiger partial charge is 0.384 e. The Balaban J connectivity index is 0.00000243. The molecule has 0 bridgehead atoms. The third kappa shape index (κ3) is 6.51. The second kappa shape index (κ2) is 10.5. The molecule has 2 unspecified atom stereocenters. The minimum absolute atomic E-state index is 0. The first-order valence-corrected chi connectivity index (χ1v) is 11.6. The van der Waals surface area contributed by atoms with Gasteiger partial charge in [-0.1, -0.05) is 19.3 Å². The molecule has 0 aromatic heterocycles. The van der Waals surface area contributed by atoms with Crippen molar-refractivity contribution >= 4 is 39.8 Å². The average Bonchev–Trinajstić information content (AvgIpc) is 3.19. The van der Waals surface area contributed by atoms with E-state index in [-0.39, 0.29) is 29.9 Å². The van der Waals surface area contributed by atoms with Gasteiger partial charge in [0.25, 0.3) is 0 Å². The Morgan fingerprint density at radius 1 is 1.15 bits per heavy atom. The van der Waals surface area contributed by atoms with Crippen molar-refractivity contribution in [2.75, 3.05) is 44.9 Å². The molecule has 3 aliphatic rings. The maximum Gasteiger partial charge on any atom is 0.194 e. The SMILES string of the molecule is COCC1CCN(C(=NCC2CCS(=O)(=O)C2)NC2CCCCC2)C1.I. The van der Waals surface area contributed by atoms with Crippen LogP contribution in [0.5, 0.6) is 0 Å². The number of hydrogen-bond acceptors (Lipinski definition) is 4. The Morgan fingerprint density at radius 3 is 2.58 bits per heavy atom. The molecule has 8 heteroatoms. The van der Waals surface area contributed by atoms with E-state index in [9.17, 15) is 8.42 Å². The van der Waals surface area contributed by atoms with Crippen LogP contribution in [-0.4, -0.2) is 70.2 Å². The fraction of sp³-hybridized carbons (Fsp3) is 0.944. The number of likely N-dealkylation sites (tertiary alicyclic amines) is 1. The molecule has 0 amide bonds. The van der Waals surface area contributed by atoms with Crippen LogP contribution in [0.3, 0.4) is 0 Å². The number of sulfone groups is 1. The molecule has 3 fully saturated rings. The van der Waals surface area contributed by atoms with Gasteiger partial charge in [0.2, 0.25) is 0 Å². The fourth-order valence-electron chi connectivity index (χ4n) is 4.29. The van der Waals surface area contributed by atoms with Crippen molar-refractivity contribution in [1.82, 2.24) is 10.2 Å². The number of hydrogen-bond donors (Lipinski definition) is 1. The van der Waals surface area contributed by atoms with Crippen molar-refractivity contribution in [3.63, 3.8) is 0 Å². The summed E-state index contributed by atoms with van der Waals surface area (Å²) in [5.41, 5.74) is 0. The summed E-state index contributed by atoms with van der Waals surface area (Å²) in [6.45, 7) is 3.42. The Morgan fingerprint density at radius 2 is 1.92 bits per heavy atom. The minimum atomic E-state index is -2.83. The molecular weight excluding hydrogens is 465 g/mol. The number of nitrogens with one attached hydrogen (secondary N) is 1. The third-order valence-corrected chi connectivity index (χ3v) is 7.59. The van der Waals surface area contributed by atoms with Gasteiger partial charge in [0.15, 0.2) is 15.8 Å². The smallest absolute Gasteiger partial charge is 0.194 e. The van der Waals surface area contributed by atoms with Crippen molar-refractivity contribution in [1.29, 1.82) is 0 Å². The van der Waals surface area contributed by atoms with Crippen LogP contribution >= 0.6 is 24.0 Å². The van der Waals surface area contributed by atoms with Crippen LogP contribution in [0.15, 0.2) is 4.99 Å². The normalized spacial score (nSPS) is 29.6. The first-order valence-electron chi connectivity index (χ1n) is 9.81. The van der Waals surface area contributed by atoms with E-state index < -0.39 is 9.84 Å². The van der Waals surface area contributed by atoms with Crippen LogP contribution in [0.1, 0.15) is 44.9 Å². The van der Waals surface area contributed by atoms with Gasteiger partial charge >= 0.3 is 0 Å². The standard InChI is InChI=1S/C18H33N3O3S.HI/c1-24-13-16-7-9-21(12-16)18(20-17-5-3-2-4-6-17)19-11-15-8-10-25(22,23)14-15;/h15-17H,2-14H2,1H3,(H,19,20);1H. The molecule has 3 rings (SSSR count). The molecule has 1 N–H and O–H groups in total. The summed E-state index contributed by atoms with van der Waals surface area (Å²) in [4.78, 5) is 7.22. The number of nitrogens with zero attached hydrogens (tertiary/aromatic N) is 2. The molecule has 2 heterocycles. The quantitative estimate of drug-likeness (QED) is 0.357. The van der Waals surface area contributed by atoms with E-state index in [1.165, 1.54) is 32.1 Å². The van der Waals surface area contributed by atoms with Gasteiger partial charge < -0.3 is 15.0 Å². The van der Waals surface area contributed by atoms with E-state index in [2.05, 4.69) is 10.2 Å². The van der Waals surface area contributed by atoms with Gasteiger partial charge in [-0.2, -0.15) is 0 Å². The van der Waals surface area contributed by atoms with Gasteiger partial charge in [0.05, 0.1) is 18.1 Å². The molecular formula is C18H34IN3O3S. The molecule has 2 saturated heterocycles. The summed E-state index contributed by atoms with van der Waals surface area (Å²) < 4.78 is 28.7. The van der Waals surface area contributed by atoms with Crippen molar-refractivity contribution in [3.05, 3.63) is 0 Å². The van der Waals surface area contributed by atoms with E-state index in [0.29, 0.717) is 30.0 Å². The zero-order valence-electron chi connectivity index (χ0n) is 15.9. The summed E-state index contributed by atoms with van der Waals surface area (Å²) in [7, 11) is -1.06. The highest BCUT2D eigenvalue weighted by molar-refractivity contribution is 14.0. The summed E-state index contributed by atoms with van der Waals surface area (Å²) >= 11 is 0. The Labute approximate surface area is 175 Å². The summed E-state index contributed by atoms with van der Waals surface area (Å²) in [5, 5.41) is 3.69. The Kier molecular flexibility index (Phi) is 8.93. The monoisotopic (exact) mass is 499 g/mol. The molecule has 1 aliphatic carbocycles. The third-order valence-electron chi connectivity index (χ3n) is 5.75. The summed E-state index contributed by atoms with van der Waals surface area (Å²) in [5.74, 6) is 2.38. The van der Waals surface area contributed by atoms with Crippen LogP contribution in [0.25, 0.3) is 0 Å². The average molecular weight is 499 g/mol. The van der Waals surface area contributed by atoms with Crippen LogP contribution in [0.2, 0.25) is 0 Å². The lowest BCUT2D eigenvalue weighted by atomic mass is 9.96. The highest BCUT2D eigenvalue weighted by Gasteiger charge is 2.29. The Hall–Kier alpha value is -0.0900. The lowest BCUT2D eigenvalue weighted by molar-refractivity contribution is 0.157. The zero-order valence-corrected chi connectivity index (χ0v) is 19.0. The maximum atomic E-state index is 11.7. The molecule has 0 aromatic carbocycles. The molecule has 2 aliphatic heterocycles. The van der Waals surface area contributed by atoms with Gasteiger partial charge in [-0.3, -0.25) is 4.99 Å². The van der Waals surface area contributed by atoms with E-state index in [4.69, 9.17) is 9.73 Å². The van der Waals surface area contributed by atoms with Gasteiger partial charge in [0, 0.05) is 38.7 Å². The fourth-order valence-corrected chi connectivity index (χ4v) is 6.14. The summed E-state index contributed by atoms with van der Waals surface area (Å²) in [6.07, 6.45) is 8.24. The number of methoxy groups -OCH3 is 1. The molecule has 0 aromatic rings. The lowest BCUT2D eigenvalue weighted by Gasteiger charge is -2.29. The number of aliphatic imine (C=N–C) groups is 1. The van der Waals surface area contributed by atoms with Crippen molar-refractivity contribution < 1.29 is 13.2 Å². The highest BCUT2D eigenvalue weighted by Crippen LogP contribution is 2.22. The van der Waals surface area contributed by atoms with Gasteiger partial charge in [-0.15, -0.1) is 24.0 Å². The van der Waals surface area contributed by atoms with Gasteiger partial charge in [-0.25, -0.2) is 8.42 Å². The van der Waals surface area contributed by atoms with E-state index in [1.807, 2.05) is 0 Å². The van der Waals surface area contributed by atoms with Crippen LogP contribution in [0, 0.1) is 11.8 Å². The van der Waals surface area contributed by atoms with Crippen molar-refractivity contribution in [3.8, 4) is 0 Å². The number of ether oxygens (including phenoxy) is 1. The van der Waals surface area contributed by atoms with Crippen molar-refractivity contribution in [2.45, 2.75) is 51.0 Å². The van der Waals surface area contributed by atoms with Gasteiger partial charge in [-0.05, 0) is 31.6 Å². The highest BCUT2D eigenvalue weighted by atomic mass is 127. The number of guanidine groups is 1. The summed E-state index contributed by atoms with van der Waals surface area (Å²) in [6, 6.07) is 0.515. The Bertz CT molecular complexity index is 564. The lowest BCUT2D eigenvalue weighted by Crippen LogP contribution is -2.46. The van der Waals surface area contributed by atoms with Crippen molar-refractivity contribution in [2.24, 2.45) is 16.8 Å². The second-order valence-electron chi connectivity index (χ2n) is 7.97. The van der Waals surface area contributed by atoms with E-state index in [1.54, 1.807) is 7.11 Å². The number of halogens is 1. The second-order valence-corrected chi connectivity index (χ2v) is 10.2. The molecule has 6 nitrogen and oxygen atoms in total. The molecule has 1 saturated carbocycles. The predicted octanol–water partition coefficient (Wildman–Crippen LogP) is 2.29. The van der Waals surface area contributed by atoms with E-state index >= 15 is 0 Å².